The molecule has 148 valence electrons. The fraction of sp³-hybridized carbons (Fsp3) is 0.136. The Kier molecular flexibility index (Phi) is 6.86. The monoisotopic (exact) mass is 427 g/mol. The molecule has 0 saturated heterocycles. The van der Waals surface area contributed by atoms with E-state index >= 15 is 0 Å². The molecule has 0 unspecified atom stereocenters. The summed E-state index contributed by atoms with van der Waals surface area (Å²) in [4.78, 5) is 15.9. The van der Waals surface area contributed by atoms with Crippen LogP contribution in [0.15, 0.2) is 59.8 Å². The van der Waals surface area contributed by atoms with E-state index in [1.54, 1.807) is 42.7 Å². The number of aromatic nitrogens is 1. The molecule has 5 nitrogen and oxygen atoms in total. The Bertz CT molecular complexity index is 1030. The van der Waals surface area contributed by atoms with Gasteiger partial charge in [0, 0.05) is 6.20 Å². The number of nitrogens with zero attached hydrogens (tertiary/aromatic N) is 2. The highest BCUT2D eigenvalue weighted by atomic mass is 35.5. The van der Waals surface area contributed by atoms with Crippen LogP contribution in [0.3, 0.4) is 0 Å². The summed E-state index contributed by atoms with van der Waals surface area (Å²) in [6, 6.07) is 14.4. The Morgan fingerprint density at radius 1 is 1.10 bits per heavy atom. The van der Waals surface area contributed by atoms with E-state index in [0.717, 1.165) is 28.0 Å². The molecular formula is C22H19Cl2N3O2. The summed E-state index contributed by atoms with van der Waals surface area (Å²) in [7, 11) is 0. The lowest BCUT2D eigenvalue weighted by atomic mass is 10.1. The van der Waals surface area contributed by atoms with Crippen molar-refractivity contribution in [3.63, 3.8) is 0 Å². The number of hydrogen-bond acceptors (Lipinski definition) is 4. The average Bonchev–Trinajstić information content (AvgIpc) is 2.70. The maximum absolute atomic E-state index is 12.0. The van der Waals surface area contributed by atoms with Crippen LogP contribution in [0, 0.1) is 13.8 Å². The first-order valence-electron chi connectivity index (χ1n) is 8.86. The summed E-state index contributed by atoms with van der Waals surface area (Å²) in [6.45, 7) is 4.30. The van der Waals surface area contributed by atoms with Gasteiger partial charge in [0.1, 0.15) is 18.1 Å². The Hall–Kier alpha value is -2.89. The number of halogens is 2. The number of hydrogen-bond donors (Lipinski definition) is 1. The van der Waals surface area contributed by atoms with Gasteiger partial charge in [-0.1, -0.05) is 35.3 Å². The van der Waals surface area contributed by atoms with Crippen LogP contribution < -0.4 is 10.2 Å². The smallest absolute Gasteiger partial charge is 0.289 e. The van der Waals surface area contributed by atoms with Crippen molar-refractivity contribution in [1.82, 2.24) is 10.4 Å². The van der Waals surface area contributed by atoms with Gasteiger partial charge in [0.05, 0.1) is 16.3 Å². The normalized spacial score (nSPS) is 10.9. The fourth-order valence-electron chi connectivity index (χ4n) is 2.79. The largest absolute Gasteiger partial charge is 0.488 e. The van der Waals surface area contributed by atoms with E-state index in [9.17, 15) is 4.79 Å². The minimum absolute atomic E-state index is 0.308. The predicted octanol–water partition coefficient (Wildman–Crippen LogP) is 5.35. The second kappa shape index (κ2) is 9.54. The van der Waals surface area contributed by atoms with Crippen LogP contribution in [-0.4, -0.2) is 17.1 Å². The van der Waals surface area contributed by atoms with E-state index in [-0.39, 0.29) is 5.91 Å². The summed E-state index contributed by atoms with van der Waals surface area (Å²) in [5.74, 6) is 0.433. The summed E-state index contributed by atoms with van der Waals surface area (Å²) in [6.07, 6.45) is 3.14. The number of aryl methyl sites for hydroxylation is 2. The zero-order chi connectivity index (χ0) is 20.8. The van der Waals surface area contributed by atoms with Crippen LogP contribution in [0.5, 0.6) is 5.75 Å². The zero-order valence-corrected chi connectivity index (χ0v) is 17.5. The molecule has 0 aliphatic rings. The number of rotatable bonds is 6. The summed E-state index contributed by atoms with van der Waals surface area (Å²) >= 11 is 12.0. The topological polar surface area (TPSA) is 63.6 Å². The van der Waals surface area contributed by atoms with Gasteiger partial charge in [-0.25, -0.2) is 5.43 Å². The van der Waals surface area contributed by atoms with E-state index in [4.69, 9.17) is 27.9 Å². The number of hydrazone groups is 1. The van der Waals surface area contributed by atoms with Crippen molar-refractivity contribution in [3.8, 4) is 5.75 Å². The molecule has 0 radical (unpaired) electrons. The highest BCUT2D eigenvalue weighted by Crippen LogP contribution is 2.27. The van der Waals surface area contributed by atoms with Gasteiger partial charge >= 0.3 is 0 Å². The SMILES string of the molecule is Cc1cc(/C=N\NC(=O)c2ccccn2)cc(C)c1OCc1ccc(Cl)c(Cl)c1. The van der Waals surface area contributed by atoms with Gasteiger partial charge in [-0.3, -0.25) is 9.78 Å². The van der Waals surface area contributed by atoms with Crippen LogP contribution in [0.25, 0.3) is 0 Å². The number of amides is 1. The molecule has 0 aliphatic carbocycles. The van der Waals surface area contributed by atoms with Crippen molar-refractivity contribution in [3.05, 3.63) is 92.7 Å². The van der Waals surface area contributed by atoms with Crippen LogP contribution in [0.4, 0.5) is 0 Å². The Labute approximate surface area is 179 Å². The van der Waals surface area contributed by atoms with Crippen molar-refractivity contribution in [2.75, 3.05) is 0 Å². The van der Waals surface area contributed by atoms with Crippen LogP contribution in [0.2, 0.25) is 10.0 Å². The number of benzene rings is 2. The third kappa shape index (κ3) is 5.56. The standard InChI is InChI=1S/C22H19Cl2N3O2/c1-14-9-17(12-26-27-22(28)20-5-3-4-8-25-20)10-15(2)21(14)29-13-16-6-7-18(23)19(24)11-16/h3-12H,13H2,1-2H3,(H,27,28)/b26-12-. The van der Waals surface area contributed by atoms with Crippen molar-refractivity contribution >= 4 is 35.3 Å². The van der Waals surface area contributed by atoms with Gasteiger partial charge in [0.2, 0.25) is 0 Å². The van der Waals surface area contributed by atoms with Crippen molar-refractivity contribution in [1.29, 1.82) is 0 Å². The van der Waals surface area contributed by atoms with E-state index in [1.807, 2.05) is 32.0 Å². The molecule has 1 amide bonds. The molecule has 0 saturated carbocycles. The number of carbonyl (C=O) groups excluding carboxylic acids is 1. The Morgan fingerprint density at radius 3 is 2.52 bits per heavy atom. The second-order valence-corrected chi connectivity index (χ2v) is 7.25. The van der Waals surface area contributed by atoms with E-state index in [2.05, 4.69) is 15.5 Å². The molecule has 0 atom stereocenters. The summed E-state index contributed by atoms with van der Waals surface area (Å²) < 4.78 is 5.98. The van der Waals surface area contributed by atoms with Gasteiger partial charge < -0.3 is 4.74 Å². The molecular weight excluding hydrogens is 409 g/mol. The maximum Gasteiger partial charge on any atom is 0.289 e. The molecule has 1 heterocycles. The molecule has 0 bridgehead atoms. The molecule has 0 aliphatic heterocycles. The van der Waals surface area contributed by atoms with Gasteiger partial charge in [-0.15, -0.1) is 0 Å². The van der Waals surface area contributed by atoms with Crippen LogP contribution >= 0.6 is 23.2 Å². The lowest BCUT2D eigenvalue weighted by molar-refractivity contribution is 0.0950. The van der Waals surface area contributed by atoms with Gasteiger partial charge in [-0.2, -0.15) is 5.10 Å². The Morgan fingerprint density at radius 2 is 1.86 bits per heavy atom. The third-order valence-corrected chi connectivity index (χ3v) is 4.87. The average molecular weight is 428 g/mol. The maximum atomic E-state index is 12.0. The zero-order valence-electron chi connectivity index (χ0n) is 15.9. The molecule has 3 aromatic rings. The fourth-order valence-corrected chi connectivity index (χ4v) is 3.11. The first-order valence-corrected chi connectivity index (χ1v) is 9.62. The van der Waals surface area contributed by atoms with E-state index in [0.29, 0.717) is 22.3 Å². The number of ether oxygens (including phenoxy) is 1. The third-order valence-electron chi connectivity index (χ3n) is 4.13. The van der Waals surface area contributed by atoms with Crippen molar-refractivity contribution < 1.29 is 9.53 Å². The van der Waals surface area contributed by atoms with Gasteiger partial charge in [0.15, 0.2) is 0 Å². The van der Waals surface area contributed by atoms with Crippen molar-refractivity contribution in [2.24, 2.45) is 5.10 Å². The summed E-state index contributed by atoms with van der Waals surface area (Å²) in [5.41, 5.74) is 6.48. The first-order chi connectivity index (χ1) is 13.9. The minimum Gasteiger partial charge on any atom is -0.488 e. The lowest BCUT2D eigenvalue weighted by Crippen LogP contribution is -2.18. The number of nitrogens with one attached hydrogen (secondary N) is 1. The molecule has 1 aromatic heterocycles. The van der Waals surface area contributed by atoms with E-state index in [1.165, 1.54) is 0 Å². The van der Waals surface area contributed by atoms with Crippen LogP contribution in [0.1, 0.15) is 32.7 Å². The van der Waals surface area contributed by atoms with E-state index < -0.39 is 0 Å². The van der Waals surface area contributed by atoms with Gasteiger partial charge in [0.25, 0.3) is 5.91 Å². The quantitative estimate of drug-likeness (QED) is 0.425. The number of carbonyl (C=O) groups is 1. The Balaban J connectivity index is 1.65. The van der Waals surface area contributed by atoms with Crippen LogP contribution in [-0.2, 0) is 6.61 Å². The molecule has 0 spiro atoms. The molecule has 0 fully saturated rings. The van der Waals surface area contributed by atoms with Crippen molar-refractivity contribution in [2.45, 2.75) is 20.5 Å². The second-order valence-electron chi connectivity index (χ2n) is 6.44. The molecule has 2 aromatic carbocycles. The molecule has 1 N–H and O–H groups in total. The van der Waals surface area contributed by atoms with Gasteiger partial charge in [-0.05, 0) is 72.5 Å². The first kappa shape index (κ1) is 20.8. The predicted molar refractivity (Wildman–Crippen MR) is 116 cm³/mol. The highest BCUT2D eigenvalue weighted by Gasteiger charge is 2.08. The molecule has 7 heteroatoms. The number of pyridine rings is 1. The molecule has 29 heavy (non-hydrogen) atoms. The molecule has 3 rings (SSSR count). The highest BCUT2D eigenvalue weighted by molar-refractivity contribution is 6.42. The minimum atomic E-state index is -0.364. The summed E-state index contributed by atoms with van der Waals surface area (Å²) in [5, 5.41) is 5.02. The lowest BCUT2D eigenvalue weighted by Gasteiger charge is -2.13.